The van der Waals surface area contributed by atoms with Crippen molar-refractivity contribution in [3.05, 3.63) is 23.8 Å². The Morgan fingerprint density at radius 2 is 1.85 bits per heavy atom. The summed E-state index contributed by atoms with van der Waals surface area (Å²) < 4.78 is 16.2. The van der Waals surface area contributed by atoms with Gasteiger partial charge in [-0.15, -0.1) is 0 Å². The lowest BCUT2D eigenvalue weighted by Crippen LogP contribution is -2.38. The van der Waals surface area contributed by atoms with Crippen LogP contribution in [0.25, 0.3) is 0 Å². The van der Waals surface area contributed by atoms with E-state index in [1.165, 1.54) is 5.56 Å². The first-order chi connectivity index (χ1) is 9.74. The SMILES string of the molecule is CC(NC(C)C1CCOCC1)c1ccc2c(c1)OCO2. The Hall–Kier alpha value is -1.26. The summed E-state index contributed by atoms with van der Waals surface area (Å²) in [6.07, 6.45) is 2.31. The van der Waals surface area contributed by atoms with Crippen LogP contribution in [0.1, 0.15) is 38.3 Å². The number of benzene rings is 1. The van der Waals surface area contributed by atoms with Gasteiger partial charge in [0, 0.05) is 25.3 Å². The van der Waals surface area contributed by atoms with Crippen LogP contribution in [0.4, 0.5) is 0 Å². The minimum Gasteiger partial charge on any atom is -0.454 e. The van der Waals surface area contributed by atoms with Crippen LogP contribution in [-0.2, 0) is 4.74 Å². The average molecular weight is 277 g/mol. The Balaban J connectivity index is 1.62. The molecular weight excluding hydrogens is 254 g/mol. The normalized spacial score (nSPS) is 21.7. The highest BCUT2D eigenvalue weighted by atomic mass is 16.7. The van der Waals surface area contributed by atoms with E-state index in [2.05, 4.69) is 31.3 Å². The van der Waals surface area contributed by atoms with Crippen molar-refractivity contribution in [3.8, 4) is 11.5 Å². The van der Waals surface area contributed by atoms with Gasteiger partial charge in [0.05, 0.1) is 0 Å². The number of nitrogens with one attached hydrogen (secondary N) is 1. The number of hydrogen-bond acceptors (Lipinski definition) is 4. The molecule has 1 aromatic carbocycles. The summed E-state index contributed by atoms with van der Waals surface area (Å²) in [5.41, 5.74) is 1.24. The van der Waals surface area contributed by atoms with Gasteiger partial charge >= 0.3 is 0 Å². The molecule has 4 nitrogen and oxygen atoms in total. The fourth-order valence-electron chi connectivity index (χ4n) is 3.02. The van der Waals surface area contributed by atoms with Crippen molar-refractivity contribution in [1.82, 2.24) is 5.32 Å². The van der Waals surface area contributed by atoms with Gasteiger partial charge in [0.2, 0.25) is 6.79 Å². The average Bonchev–Trinajstić information content (AvgIpc) is 2.95. The van der Waals surface area contributed by atoms with E-state index >= 15 is 0 Å². The molecule has 0 spiro atoms. The topological polar surface area (TPSA) is 39.7 Å². The Kier molecular flexibility index (Phi) is 4.13. The molecule has 1 fully saturated rings. The summed E-state index contributed by atoms with van der Waals surface area (Å²) in [4.78, 5) is 0. The first kappa shape index (κ1) is 13.7. The summed E-state index contributed by atoms with van der Waals surface area (Å²) in [5, 5.41) is 3.71. The van der Waals surface area contributed by atoms with Gasteiger partial charge < -0.3 is 19.5 Å². The molecular formula is C16H23NO3. The first-order valence-electron chi connectivity index (χ1n) is 7.47. The molecule has 2 aliphatic rings. The Labute approximate surface area is 120 Å². The molecule has 0 amide bonds. The third-order valence-electron chi connectivity index (χ3n) is 4.38. The van der Waals surface area contributed by atoms with Gasteiger partial charge in [-0.2, -0.15) is 0 Å². The fraction of sp³-hybridized carbons (Fsp3) is 0.625. The highest BCUT2D eigenvalue weighted by Gasteiger charge is 2.22. The van der Waals surface area contributed by atoms with E-state index in [1.54, 1.807) is 0 Å². The van der Waals surface area contributed by atoms with Gasteiger partial charge in [0.15, 0.2) is 11.5 Å². The van der Waals surface area contributed by atoms with Crippen molar-refractivity contribution in [2.24, 2.45) is 5.92 Å². The lowest BCUT2D eigenvalue weighted by molar-refractivity contribution is 0.0547. The number of hydrogen-bond donors (Lipinski definition) is 1. The van der Waals surface area contributed by atoms with Crippen LogP contribution in [-0.4, -0.2) is 26.0 Å². The lowest BCUT2D eigenvalue weighted by Gasteiger charge is -2.30. The van der Waals surface area contributed by atoms with Gasteiger partial charge in [-0.05, 0) is 50.3 Å². The second kappa shape index (κ2) is 6.02. The summed E-state index contributed by atoms with van der Waals surface area (Å²) >= 11 is 0. The van der Waals surface area contributed by atoms with Gasteiger partial charge in [0.25, 0.3) is 0 Å². The van der Waals surface area contributed by atoms with Gasteiger partial charge in [-0.3, -0.25) is 0 Å². The van der Waals surface area contributed by atoms with E-state index in [9.17, 15) is 0 Å². The van der Waals surface area contributed by atoms with Gasteiger partial charge in [-0.25, -0.2) is 0 Å². The van der Waals surface area contributed by atoms with Crippen LogP contribution in [0.5, 0.6) is 11.5 Å². The van der Waals surface area contributed by atoms with Gasteiger partial charge in [0.1, 0.15) is 0 Å². The van der Waals surface area contributed by atoms with E-state index in [1.807, 2.05) is 6.07 Å². The van der Waals surface area contributed by atoms with Crippen LogP contribution in [0, 0.1) is 5.92 Å². The lowest BCUT2D eigenvalue weighted by atomic mass is 9.92. The molecule has 2 atom stereocenters. The second-order valence-corrected chi connectivity index (χ2v) is 5.74. The van der Waals surface area contributed by atoms with Crippen LogP contribution < -0.4 is 14.8 Å². The third-order valence-corrected chi connectivity index (χ3v) is 4.38. The predicted octanol–water partition coefficient (Wildman–Crippen LogP) is 2.88. The molecule has 4 heteroatoms. The fourth-order valence-corrected chi connectivity index (χ4v) is 3.02. The molecule has 1 N–H and O–H groups in total. The molecule has 0 saturated carbocycles. The molecule has 2 aliphatic heterocycles. The molecule has 1 aromatic rings. The van der Waals surface area contributed by atoms with E-state index in [4.69, 9.17) is 14.2 Å². The molecule has 0 aliphatic carbocycles. The molecule has 3 rings (SSSR count). The van der Waals surface area contributed by atoms with Crippen LogP contribution in [0.3, 0.4) is 0 Å². The van der Waals surface area contributed by atoms with Crippen LogP contribution in [0.15, 0.2) is 18.2 Å². The second-order valence-electron chi connectivity index (χ2n) is 5.74. The Morgan fingerprint density at radius 3 is 2.65 bits per heavy atom. The van der Waals surface area contributed by atoms with E-state index < -0.39 is 0 Å². The van der Waals surface area contributed by atoms with E-state index in [-0.39, 0.29) is 0 Å². The first-order valence-corrected chi connectivity index (χ1v) is 7.47. The van der Waals surface area contributed by atoms with Gasteiger partial charge in [-0.1, -0.05) is 6.07 Å². The third kappa shape index (κ3) is 2.91. The molecule has 2 heterocycles. The number of ether oxygens (including phenoxy) is 3. The minimum atomic E-state index is 0.308. The largest absolute Gasteiger partial charge is 0.454 e. The number of rotatable bonds is 4. The highest BCUT2D eigenvalue weighted by Crippen LogP contribution is 2.34. The van der Waals surface area contributed by atoms with Crippen molar-refractivity contribution >= 4 is 0 Å². The molecule has 1 saturated heterocycles. The summed E-state index contributed by atoms with van der Waals surface area (Å²) in [5.74, 6) is 2.41. The Bertz CT molecular complexity index is 457. The molecule has 0 radical (unpaired) electrons. The minimum absolute atomic E-state index is 0.308. The van der Waals surface area contributed by atoms with E-state index in [0.29, 0.717) is 24.8 Å². The van der Waals surface area contributed by atoms with Crippen molar-refractivity contribution in [1.29, 1.82) is 0 Å². The summed E-state index contributed by atoms with van der Waals surface area (Å²) in [6.45, 7) is 6.61. The maximum atomic E-state index is 5.44. The molecule has 110 valence electrons. The van der Waals surface area contributed by atoms with Crippen molar-refractivity contribution in [2.75, 3.05) is 20.0 Å². The maximum Gasteiger partial charge on any atom is 0.231 e. The maximum absolute atomic E-state index is 5.44. The molecule has 0 bridgehead atoms. The summed E-state index contributed by atoms with van der Waals surface area (Å²) in [6, 6.07) is 7.00. The standard InChI is InChI=1S/C16H23NO3/c1-11(13-5-7-18-8-6-13)17-12(2)14-3-4-15-16(9-14)20-10-19-15/h3-4,9,11-13,17H,5-8,10H2,1-2H3. The zero-order chi connectivity index (χ0) is 13.9. The molecule has 20 heavy (non-hydrogen) atoms. The smallest absolute Gasteiger partial charge is 0.231 e. The van der Waals surface area contributed by atoms with E-state index in [0.717, 1.165) is 37.6 Å². The Morgan fingerprint density at radius 1 is 1.10 bits per heavy atom. The van der Waals surface area contributed by atoms with Crippen molar-refractivity contribution < 1.29 is 14.2 Å². The zero-order valence-electron chi connectivity index (χ0n) is 12.2. The zero-order valence-corrected chi connectivity index (χ0v) is 12.2. The number of fused-ring (bicyclic) bond motifs is 1. The highest BCUT2D eigenvalue weighted by molar-refractivity contribution is 5.45. The summed E-state index contributed by atoms with van der Waals surface area (Å²) in [7, 11) is 0. The molecule has 0 aromatic heterocycles. The van der Waals surface area contributed by atoms with Crippen LogP contribution in [0.2, 0.25) is 0 Å². The van der Waals surface area contributed by atoms with Crippen molar-refractivity contribution in [3.63, 3.8) is 0 Å². The van der Waals surface area contributed by atoms with Crippen molar-refractivity contribution in [2.45, 2.75) is 38.8 Å². The quantitative estimate of drug-likeness (QED) is 0.918. The predicted molar refractivity (Wildman–Crippen MR) is 77.1 cm³/mol. The monoisotopic (exact) mass is 277 g/mol. The molecule has 2 unspecified atom stereocenters. The van der Waals surface area contributed by atoms with Crippen LogP contribution >= 0.6 is 0 Å².